The van der Waals surface area contributed by atoms with Crippen LogP contribution < -0.4 is 9.64 Å². The maximum Gasteiger partial charge on any atom is 0.303 e. The lowest BCUT2D eigenvalue weighted by atomic mass is 9.93. The van der Waals surface area contributed by atoms with Gasteiger partial charge < -0.3 is 19.5 Å². The van der Waals surface area contributed by atoms with E-state index in [-0.39, 0.29) is 24.7 Å². The molecule has 1 N–H and O–H groups in total. The topological polar surface area (TPSA) is 104 Å². The molecule has 236 valence electrons. The predicted octanol–water partition coefficient (Wildman–Crippen LogP) is 5.66. The number of nitrogens with zero attached hydrogens (tertiary/aromatic N) is 6. The highest BCUT2D eigenvalue weighted by Crippen LogP contribution is 2.31. The van der Waals surface area contributed by atoms with Crippen LogP contribution in [-0.2, 0) is 16.1 Å². The Bertz CT molecular complexity index is 1420. The average Bonchev–Trinajstić information content (AvgIpc) is 2.94. The molecule has 3 fully saturated rings. The zero-order valence-corrected chi connectivity index (χ0v) is 26.9. The van der Waals surface area contributed by atoms with Crippen molar-refractivity contribution in [2.24, 2.45) is 5.92 Å². The number of likely N-dealkylation sites (tertiary alicyclic amines) is 1. The summed E-state index contributed by atoms with van der Waals surface area (Å²) in [6.07, 6.45) is 5.34. The minimum atomic E-state index is -0.729. The van der Waals surface area contributed by atoms with E-state index < -0.39 is 5.97 Å². The van der Waals surface area contributed by atoms with Gasteiger partial charge in [-0.3, -0.25) is 14.6 Å². The summed E-state index contributed by atoms with van der Waals surface area (Å²) in [6, 6.07) is 10.2. The summed E-state index contributed by atoms with van der Waals surface area (Å²) in [5.74, 6) is 1.10. The zero-order chi connectivity index (χ0) is 29.9. The second-order valence-corrected chi connectivity index (χ2v) is 12.6. The summed E-state index contributed by atoms with van der Waals surface area (Å²) in [5, 5.41) is 10.2. The van der Waals surface area contributed by atoms with E-state index >= 15 is 0 Å². The number of piperazine rings is 1. The molecule has 0 spiro atoms. The van der Waals surface area contributed by atoms with Crippen molar-refractivity contribution in [2.75, 3.05) is 50.8 Å². The maximum absolute atomic E-state index is 11.1. The molecule has 1 atom stereocenters. The molecule has 0 amide bonds. The largest absolute Gasteiger partial charge is 0.481 e. The highest BCUT2D eigenvalue weighted by molar-refractivity contribution is 6.35. The van der Waals surface area contributed by atoms with Crippen molar-refractivity contribution in [3.05, 3.63) is 58.3 Å². The van der Waals surface area contributed by atoms with Gasteiger partial charge in [-0.25, -0.2) is 15.0 Å². The molecule has 3 aromatic rings. The molecule has 44 heavy (non-hydrogen) atoms. The summed E-state index contributed by atoms with van der Waals surface area (Å²) in [6.45, 7) is 8.93. The van der Waals surface area contributed by atoms with E-state index in [1.165, 1.54) is 0 Å². The van der Waals surface area contributed by atoms with E-state index in [0.29, 0.717) is 51.9 Å². The van der Waals surface area contributed by atoms with Crippen molar-refractivity contribution in [1.82, 2.24) is 24.8 Å². The van der Waals surface area contributed by atoms with Crippen LogP contribution in [0.4, 0.5) is 5.95 Å². The monoisotopic (exact) mass is 662 g/mol. The lowest BCUT2D eigenvalue weighted by molar-refractivity contribution is -0.138. The fourth-order valence-electron chi connectivity index (χ4n) is 6.16. The Morgan fingerprint density at radius 2 is 1.73 bits per heavy atom. The van der Waals surface area contributed by atoms with Crippen LogP contribution in [0.25, 0.3) is 11.3 Å². The van der Waals surface area contributed by atoms with E-state index in [0.717, 1.165) is 69.9 Å². The second kappa shape index (κ2) is 14.6. The van der Waals surface area contributed by atoms with Crippen LogP contribution in [0.3, 0.4) is 0 Å². The summed E-state index contributed by atoms with van der Waals surface area (Å²) in [5.41, 5.74) is 2.51. The van der Waals surface area contributed by atoms with Crippen LogP contribution in [0.5, 0.6) is 11.6 Å². The molecule has 13 heteroatoms. The number of aliphatic carboxylic acids is 1. The molecule has 6 rings (SSSR count). The molecular formula is C31H37Cl3N6O4. The highest BCUT2D eigenvalue weighted by atomic mass is 35.5. The summed E-state index contributed by atoms with van der Waals surface area (Å²) >= 11 is 12.6. The first-order valence-corrected chi connectivity index (χ1v) is 15.5. The third-order valence-corrected chi connectivity index (χ3v) is 8.92. The Labute approximate surface area is 273 Å². The van der Waals surface area contributed by atoms with Crippen LogP contribution in [0.2, 0.25) is 10.0 Å². The second-order valence-electron chi connectivity index (χ2n) is 11.7. The summed E-state index contributed by atoms with van der Waals surface area (Å²) < 4.78 is 11.6. The van der Waals surface area contributed by atoms with Gasteiger partial charge in [0.1, 0.15) is 0 Å². The van der Waals surface area contributed by atoms with Crippen molar-refractivity contribution < 1.29 is 19.4 Å². The Balaban J connectivity index is 0.00000384. The van der Waals surface area contributed by atoms with Crippen LogP contribution in [-0.4, -0.2) is 93.8 Å². The fourth-order valence-corrected chi connectivity index (χ4v) is 6.69. The van der Waals surface area contributed by atoms with Crippen molar-refractivity contribution >= 4 is 47.5 Å². The van der Waals surface area contributed by atoms with Gasteiger partial charge in [-0.15, -0.1) is 12.4 Å². The number of anilines is 1. The minimum Gasteiger partial charge on any atom is -0.481 e. The minimum absolute atomic E-state index is 0. The standard InChI is InChI=1S/C31H36Cl2N6O4.ClH/c1-20-16-38(6-7-39(20)26-18-42-19-26)31-34-14-27(15-35-31)43-29-9-22(17-37-4-2-21(3-5-37)10-30(40)41)8-28(36-29)23-11-24(32)13-25(33)12-23;/h8-9,11-15,20-21,26H,2-7,10,16-19H2,1H3,(H,40,41);1H. The lowest BCUT2D eigenvalue weighted by Crippen LogP contribution is -2.60. The number of carboxylic acids is 1. The summed E-state index contributed by atoms with van der Waals surface area (Å²) in [4.78, 5) is 32.2. The molecule has 0 bridgehead atoms. The van der Waals surface area contributed by atoms with Crippen LogP contribution in [0.1, 0.15) is 31.7 Å². The molecule has 1 unspecified atom stereocenters. The van der Waals surface area contributed by atoms with Crippen molar-refractivity contribution in [2.45, 2.75) is 44.8 Å². The van der Waals surface area contributed by atoms with Crippen LogP contribution in [0, 0.1) is 5.92 Å². The number of carboxylic acid groups (broad SMARTS) is 1. The van der Waals surface area contributed by atoms with Crippen LogP contribution in [0.15, 0.2) is 42.7 Å². The van der Waals surface area contributed by atoms with E-state index in [1.807, 2.05) is 24.3 Å². The number of benzene rings is 1. The predicted molar refractivity (Wildman–Crippen MR) is 172 cm³/mol. The third kappa shape index (κ3) is 8.10. The smallest absolute Gasteiger partial charge is 0.303 e. The van der Waals surface area contributed by atoms with Gasteiger partial charge in [0.2, 0.25) is 11.8 Å². The Morgan fingerprint density at radius 1 is 1.02 bits per heavy atom. The first kappa shape index (κ1) is 32.7. The molecule has 3 aliphatic heterocycles. The third-order valence-electron chi connectivity index (χ3n) is 8.48. The van der Waals surface area contributed by atoms with Crippen LogP contribution >= 0.6 is 35.6 Å². The number of hydrogen-bond donors (Lipinski definition) is 1. The molecule has 0 aliphatic carbocycles. The SMILES string of the molecule is CC1CN(c2ncc(Oc3cc(CN4CCC(CC(=O)O)CC4)cc(-c4cc(Cl)cc(Cl)c4)n3)cn2)CCN1C1COC1.Cl. The molecule has 1 aromatic carbocycles. The molecule has 5 heterocycles. The van der Waals surface area contributed by atoms with Gasteiger partial charge in [0.15, 0.2) is 5.75 Å². The molecule has 0 radical (unpaired) electrons. The number of pyridine rings is 1. The van der Waals surface area contributed by atoms with Gasteiger partial charge in [-0.05, 0) is 68.6 Å². The van der Waals surface area contributed by atoms with Gasteiger partial charge in [0.25, 0.3) is 0 Å². The Kier molecular flexibility index (Phi) is 10.8. The molecule has 0 saturated carbocycles. The van der Waals surface area contributed by atoms with Gasteiger partial charge in [-0.2, -0.15) is 0 Å². The highest BCUT2D eigenvalue weighted by Gasteiger charge is 2.34. The van der Waals surface area contributed by atoms with Gasteiger partial charge in [0, 0.05) is 60.3 Å². The quantitative estimate of drug-likeness (QED) is 0.309. The van der Waals surface area contributed by atoms with Gasteiger partial charge >= 0.3 is 5.97 Å². The number of ether oxygens (including phenoxy) is 2. The van der Waals surface area contributed by atoms with E-state index in [4.69, 9.17) is 42.8 Å². The average molecular weight is 664 g/mol. The number of carbonyl (C=O) groups is 1. The van der Waals surface area contributed by atoms with Gasteiger partial charge in [-0.1, -0.05) is 23.2 Å². The number of rotatable bonds is 9. The van der Waals surface area contributed by atoms with E-state index in [9.17, 15) is 4.79 Å². The fraction of sp³-hybridized carbons (Fsp3) is 0.484. The van der Waals surface area contributed by atoms with Crippen molar-refractivity contribution in [3.8, 4) is 22.9 Å². The maximum atomic E-state index is 11.1. The number of aromatic nitrogens is 3. The lowest BCUT2D eigenvalue weighted by Gasteiger charge is -2.46. The zero-order valence-electron chi connectivity index (χ0n) is 24.6. The number of hydrogen-bond acceptors (Lipinski definition) is 9. The molecule has 3 saturated heterocycles. The number of piperidine rings is 1. The molecule has 2 aromatic heterocycles. The molecule has 10 nitrogen and oxygen atoms in total. The van der Waals surface area contributed by atoms with Crippen molar-refractivity contribution in [3.63, 3.8) is 0 Å². The Hall–Kier alpha value is -2.73. The van der Waals surface area contributed by atoms with Gasteiger partial charge in [0.05, 0.1) is 37.3 Å². The van der Waals surface area contributed by atoms with Crippen molar-refractivity contribution in [1.29, 1.82) is 0 Å². The first-order chi connectivity index (χ1) is 20.8. The van der Waals surface area contributed by atoms with E-state index in [1.54, 1.807) is 18.5 Å². The normalized spacial score (nSPS) is 20.2. The molecular weight excluding hydrogens is 627 g/mol. The van der Waals surface area contributed by atoms with E-state index in [2.05, 4.69) is 31.6 Å². The summed E-state index contributed by atoms with van der Waals surface area (Å²) in [7, 11) is 0. The first-order valence-electron chi connectivity index (χ1n) is 14.8. The molecule has 3 aliphatic rings. The Morgan fingerprint density at radius 3 is 2.34 bits per heavy atom. The number of halogens is 3.